The number of amides is 1. The van der Waals surface area contributed by atoms with E-state index < -0.39 is 11.6 Å². The molecule has 0 aliphatic rings. The van der Waals surface area contributed by atoms with E-state index in [1.807, 2.05) is 54.6 Å². The van der Waals surface area contributed by atoms with Crippen LogP contribution in [0.5, 0.6) is 0 Å². The van der Waals surface area contributed by atoms with E-state index in [0.717, 1.165) is 10.9 Å². The van der Waals surface area contributed by atoms with Gasteiger partial charge in [-0.05, 0) is 25.5 Å². The first-order valence-corrected chi connectivity index (χ1v) is 7.55. The molecule has 1 amide bonds. The van der Waals surface area contributed by atoms with Crippen molar-refractivity contribution in [2.24, 2.45) is 0 Å². The van der Waals surface area contributed by atoms with Crippen molar-refractivity contribution in [1.82, 2.24) is 5.32 Å². The highest BCUT2D eigenvalue weighted by Gasteiger charge is 2.32. The molecule has 3 rings (SSSR count). The largest absolute Gasteiger partial charge is 0.463 e. The van der Waals surface area contributed by atoms with Crippen LogP contribution in [0.2, 0.25) is 0 Å². The van der Waals surface area contributed by atoms with Crippen LogP contribution >= 0.6 is 0 Å². The number of nitrogens with one attached hydrogen (secondary N) is 1. The lowest BCUT2D eigenvalue weighted by Crippen LogP contribution is -2.47. The quantitative estimate of drug-likeness (QED) is 0.776. The fourth-order valence-corrected chi connectivity index (χ4v) is 2.59. The molecule has 1 aromatic heterocycles. The van der Waals surface area contributed by atoms with Gasteiger partial charge in [0.1, 0.15) is 17.4 Å². The Kier molecular flexibility index (Phi) is 3.92. The van der Waals surface area contributed by atoms with Crippen molar-refractivity contribution in [2.45, 2.75) is 25.5 Å². The summed E-state index contributed by atoms with van der Waals surface area (Å²) in [4.78, 5) is 12.5. The first-order chi connectivity index (χ1) is 11.0. The van der Waals surface area contributed by atoms with Gasteiger partial charge in [0.2, 0.25) is 0 Å². The second kappa shape index (κ2) is 5.89. The number of fused-ring (bicyclic) bond motifs is 1. The molecule has 0 bridgehead atoms. The predicted octanol–water partition coefficient (Wildman–Crippen LogP) is 3.46. The summed E-state index contributed by atoms with van der Waals surface area (Å²) < 4.78 is 5.40. The van der Waals surface area contributed by atoms with Gasteiger partial charge in [0.15, 0.2) is 0 Å². The van der Waals surface area contributed by atoms with Gasteiger partial charge in [-0.15, -0.1) is 0 Å². The summed E-state index contributed by atoms with van der Waals surface area (Å²) in [5.41, 5.74) is 0.720. The predicted molar refractivity (Wildman–Crippen MR) is 89.2 cm³/mol. The summed E-state index contributed by atoms with van der Waals surface area (Å²) in [7, 11) is 0. The molecule has 0 radical (unpaired) electrons. The SMILES string of the molecule is C[C@@H](NC(=O)c1coc2ccccc12)[C@@](C)(O)c1ccccc1. The summed E-state index contributed by atoms with van der Waals surface area (Å²) in [6.45, 7) is 3.48. The van der Waals surface area contributed by atoms with E-state index in [-0.39, 0.29) is 5.91 Å². The lowest BCUT2D eigenvalue weighted by atomic mass is 9.89. The maximum Gasteiger partial charge on any atom is 0.255 e. The molecule has 0 aliphatic heterocycles. The van der Waals surface area contributed by atoms with E-state index >= 15 is 0 Å². The maximum absolute atomic E-state index is 12.5. The minimum Gasteiger partial charge on any atom is -0.463 e. The van der Waals surface area contributed by atoms with E-state index in [1.54, 1.807) is 13.8 Å². The van der Waals surface area contributed by atoms with Crippen molar-refractivity contribution in [3.8, 4) is 0 Å². The molecule has 2 aromatic carbocycles. The molecule has 3 aromatic rings. The summed E-state index contributed by atoms with van der Waals surface area (Å²) in [6, 6.07) is 16.2. The molecule has 2 N–H and O–H groups in total. The van der Waals surface area contributed by atoms with Crippen LogP contribution in [-0.4, -0.2) is 17.1 Å². The van der Waals surface area contributed by atoms with E-state index in [1.165, 1.54) is 6.26 Å². The highest BCUT2D eigenvalue weighted by atomic mass is 16.3. The van der Waals surface area contributed by atoms with Crippen molar-refractivity contribution < 1.29 is 14.3 Å². The highest BCUT2D eigenvalue weighted by Crippen LogP contribution is 2.25. The van der Waals surface area contributed by atoms with Crippen molar-refractivity contribution in [1.29, 1.82) is 0 Å². The number of furan rings is 1. The summed E-state index contributed by atoms with van der Waals surface area (Å²) >= 11 is 0. The molecule has 118 valence electrons. The van der Waals surface area contributed by atoms with Gasteiger partial charge in [-0.3, -0.25) is 4.79 Å². The van der Waals surface area contributed by atoms with Crippen LogP contribution in [0.25, 0.3) is 11.0 Å². The summed E-state index contributed by atoms with van der Waals surface area (Å²) in [5, 5.41) is 14.4. The monoisotopic (exact) mass is 309 g/mol. The normalized spacial score (nSPS) is 15.1. The third-order valence-corrected chi connectivity index (χ3v) is 4.27. The Labute approximate surface area is 134 Å². The first-order valence-electron chi connectivity index (χ1n) is 7.55. The van der Waals surface area contributed by atoms with Gasteiger partial charge in [0, 0.05) is 5.39 Å². The van der Waals surface area contributed by atoms with Crippen LogP contribution in [0.4, 0.5) is 0 Å². The number of hydrogen-bond donors (Lipinski definition) is 2. The Morgan fingerprint density at radius 1 is 1.13 bits per heavy atom. The number of para-hydroxylation sites is 1. The van der Waals surface area contributed by atoms with Crippen LogP contribution in [0.15, 0.2) is 65.3 Å². The molecule has 0 spiro atoms. The topological polar surface area (TPSA) is 62.5 Å². The smallest absolute Gasteiger partial charge is 0.255 e. The molecule has 0 saturated carbocycles. The van der Waals surface area contributed by atoms with E-state index in [0.29, 0.717) is 11.1 Å². The zero-order valence-electron chi connectivity index (χ0n) is 13.1. The lowest BCUT2D eigenvalue weighted by Gasteiger charge is -2.31. The lowest BCUT2D eigenvalue weighted by molar-refractivity contribution is 0.0208. The van der Waals surface area contributed by atoms with Gasteiger partial charge >= 0.3 is 0 Å². The van der Waals surface area contributed by atoms with Gasteiger partial charge in [-0.2, -0.15) is 0 Å². The average molecular weight is 309 g/mol. The van der Waals surface area contributed by atoms with Crippen molar-refractivity contribution in [3.05, 3.63) is 72.0 Å². The van der Waals surface area contributed by atoms with Gasteiger partial charge in [-0.1, -0.05) is 48.5 Å². The van der Waals surface area contributed by atoms with Crippen molar-refractivity contribution in [2.75, 3.05) is 0 Å². The zero-order valence-corrected chi connectivity index (χ0v) is 13.1. The van der Waals surface area contributed by atoms with E-state index in [9.17, 15) is 9.90 Å². The van der Waals surface area contributed by atoms with Crippen molar-refractivity contribution in [3.63, 3.8) is 0 Å². The standard InChI is InChI=1S/C19H19NO3/c1-13(19(2,22)14-8-4-3-5-9-14)20-18(21)16-12-23-17-11-7-6-10-15(16)17/h3-13,22H,1-2H3,(H,20,21)/t13-,19-/m1/s1. The molecule has 23 heavy (non-hydrogen) atoms. The van der Waals surface area contributed by atoms with E-state index in [2.05, 4.69) is 5.32 Å². The van der Waals surface area contributed by atoms with Crippen LogP contribution in [-0.2, 0) is 5.60 Å². The molecular formula is C19H19NO3. The van der Waals surface area contributed by atoms with Gasteiger partial charge < -0.3 is 14.8 Å². The van der Waals surface area contributed by atoms with Crippen LogP contribution < -0.4 is 5.32 Å². The first kappa shape index (κ1) is 15.3. The Hall–Kier alpha value is -2.59. The zero-order chi connectivity index (χ0) is 16.4. The fourth-order valence-electron chi connectivity index (χ4n) is 2.59. The minimum absolute atomic E-state index is 0.265. The van der Waals surface area contributed by atoms with Gasteiger partial charge in [-0.25, -0.2) is 0 Å². The molecule has 0 aliphatic carbocycles. The Morgan fingerprint density at radius 2 is 1.78 bits per heavy atom. The number of hydrogen-bond acceptors (Lipinski definition) is 3. The number of carbonyl (C=O) groups excluding carboxylic acids is 1. The molecule has 4 heteroatoms. The number of rotatable bonds is 4. The molecule has 4 nitrogen and oxygen atoms in total. The third-order valence-electron chi connectivity index (χ3n) is 4.27. The molecular weight excluding hydrogens is 290 g/mol. The van der Waals surface area contributed by atoms with E-state index in [4.69, 9.17) is 4.42 Å². The Morgan fingerprint density at radius 3 is 2.52 bits per heavy atom. The summed E-state index contributed by atoms with van der Waals surface area (Å²) in [6.07, 6.45) is 1.45. The highest BCUT2D eigenvalue weighted by molar-refractivity contribution is 6.06. The second-order valence-electron chi connectivity index (χ2n) is 5.85. The molecule has 2 atom stereocenters. The van der Waals surface area contributed by atoms with Crippen LogP contribution in [0.3, 0.4) is 0 Å². The Bertz CT molecular complexity index is 821. The Balaban J connectivity index is 1.82. The minimum atomic E-state index is -1.17. The second-order valence-corrected chi connectivity index (χ2v) is 5.85. The number of aliphatic hydroxyl groups is 1. The van der Waals surface area contributed by atoms with Crippen molar-refractivity contribution >= 4 is 16.9 Å². The molecule has 0 unspecified atom stereocenters. The number of carbonyl (C=O) groups is 1. The fraction of sp³-hybridized carbons (Fsp3) is 0.211. The maximum atomic E-state index is 12.5. The molecule has 1 heterocycles. The average Bonchev–Trinajstić information content (AvgIpc) is 2.99. The molecule has 0 saturated heterocycles. The van der Waals surface area contributed by atoms with Crippen LogP contribution in [0.1, 0.15) is 29.8 Å². The number of benzene rings is 2. The summed E-state index contributed by atoms with van der Waals surface area (Å²) in [5.74, 6) is -0.265. The van der Waals surface area contributed by atoms with Gasteiger partial charge in [0.25, 0.3) is 5.91 Å². The van der Waals surface area contributed by atoms with Crippen LogP contribution in [0, 0.1) is 0 Å². The third kappa shape index (κ3) is 2.85. The molecule has 0 fully saturated rings. The van der Waals surface area contributed by atoms with Gasteiger partial charge in [0.05, 0.1) is 11.6 Å².